The van der Waals surface area contributed by atoms with Crippen molar-refractivity contribution in [3.8, 4) is 0 Å². The van der Waals surface area contributed by atoms with E-state index in [-0.39, 0.29) is 12.1 Å². The van der Waals surface area contributed by atoms with Crippen LogP contribution >= 0.6 is 11.6 Å². The van der Waals surface area contributed by atoms with Crippen molar-refractivity contribution in [1.82, 2.24) is 9.78 Å². The summed E-state index contributed by atoms with van der Waals surface area (Å²) in [7, 11) is 0. The van der Waals surface area contributed by atoms with E-state index in [2.05, 4.69) is 10.4 Å². The number of carbonyl (C=O) groups is 1. The van der Waals surface area contributed by atoms with E-state index in [0.29, 0.717) is 27.7 Å². The Morgan fingerprint density at radius 2 is 1.81 bits per heavy atom. The minimum atomic E-state index is -0.606. The lowest BCUT2D eigenvalue weighted by Gasteiger charge is -2.09. The average molecular weight is 376 g/mol. The Bertz CT molecular complexity index is 965. The van der Waals surface area contributed by atoms with Gasteiger partial charge in [0.25, 0.3) is 5.91 Å². The number of nitrogens with zero attached hydrogens (tertiary/aromatic N) is 2. The monoisotopic (exact) mass is 375 g/mol. The SMILES string of the molecule is Cc1nn(Cc2c(F)cccc2Cl)c(C)c1NC(=O)c1ccccc1F. The first-order valence-electron chi connectivity index (χ1n) is 7.91. The minimum Gasteiger partial charge on any atom is -0.319 e. The van der Waals surface area contributed by atoms with Crippen molar-refractivity contribution in [2.75, 3.05) is 5.32 Å². The molecule has 0 unspecified atom stereocenters. The maximum Gasteiger partial charge on any atom is 0.258 e. The third-order valence-electron chi connectivity index (χ3n) is 4.11. The predicted molar refractivity (Wildman–Crippen MR) is 96.6 cm³/mol. The van der Waals surface area contributed by atoms with Crippen LogP contribution in [0.5, 0.6) is 0 Å². The molecule has 3 aromatic rings. The molecule has 0 saturated carbocycles. The van der Waals surface area contributed by atoms with Gasteiger partial charge in [-0.1, -0.05) is 29.8 Å². The molecule has 0 radical (unpaired) electrons. The smallest absolute Gasteiger partial charge is 0.258 e. The van der Waals surface area contributed by atoms with Crippen LogP contribution in [0.1, 0.15) is 27.3 Å². The lowest BCUT2D eigenvalue weighted by Crippen LogP contribution is -2.15. The van der Waals surface area contributed by atoms with Gasteiger partial charge in [-0.05, 0) is 38.1 Å². The molecule has 0 fully saturated rings. The second kappa shape index (κ2) is 7.25. The molecule has 0 atom stereocenters. The summed E-state index contributed by atoms with van der Waals surface area (Å²) in [6.45, 7) is 3.57. The molecule has 0 aliphatic heterocycles. The number of benzene rings is 2. The standard InChI is InChI=1S/C19H16ClF2N3O/c1-11-18(23-19(26)13-6-3-4-8-16(13)21)12(2)25(24-11)10-14-15(20)7-5-9-17(14)22/h3-9H,10H2,1-2H3,(H,23,26). The van der Waals surface area contributed by atoms with Crippen molar-refractivity contribution in [3.05, 3.63) is 81.6 Å². The second-order valence-electron chi connectivity index (χ2n) is 5.84. The zero-order valence-corrected chi connectivity index (χ0v) is 14.9. The Morgan fingerprint density at radius 1 is 1.12 bits per heavy atom. The molecule has 0 bridgehead atoms. The highest BCUT2D eigenvalue weighted by Crippen LogP contribution is 2.25. The highest BCUT2D eigenvalue weighted by atomic mass is 35.5. The van der Waals surface area contributed by atoms with Crippen LogP contribution in [0.2, 0.25) is 5.02 Å². The van der Waals surface area contributed by atoms with E-state index in [9.17, 15) is 13.6 Å². The Balaban J connectivity index is 1.89. The van der Waals surface area contributed by atoms with Gasteiger partial charge < -0.3 is 5.32 Å². The number of hydrogen-bond acceptors (Lipinski definition) is 2. The van der Waals surface area contributed by atoms with Gasteiger partial charge in [0.1, 0.15) is 11.6 Å². The number of aryl methyl sites for hydroxylation is 1. The van der Waals surface area contributed by atoms with Gasteiger partial charge in [0.05, 0.1) is 29.2 Å². The van der Waals surface area contributed by atoms with E-state index in [1.54, 1.807) is 30.7 Å². The highest BCUT2D eigenvalue weighted by molar-refractivity contribution is 6.31. The number of amides is 1. The summed E-state index contributed by atoms with van der Waals surface area (Å²) < 4.78 is 29.4. The fraction of sp³-hybridized carbons (Fsp3) is 0.158. The molecule has 0 spiro atoms. The number of rotatable bonds is 4. The van der Waals surface area contributed by atoms with Crippen molar-refractivity contribution < 1.29 is 13.6 Å². The number of carbonyl (C=O) groups excluding carboxylic acids is 1. The first-order chi connectivity index (χ1) is 12.4. The lowest BCUT2D eigenvalue weighted by molar-refractivity contribution is 0.102. The minimum absolute atomic E-state index is 0.0591. The number of anilines is 1. The summed E-state index contributed by atoms with van der Waals surface area (Å²) in [6, 6.07) is 10.2. The molecule has 26 heavy (non-hydrogen) atoms. The summed E-state index contributed by atoms with van der Waals surface area (Å²) in [5, 5.41) is 7.32. The van der Waals surface area contributed by atoms with Crippen LogP contribution in [0.3, 0.4) is 0 Å². The van der Waals surface area contributed by atoms with Crippen molar-refractivity contribution in [1.29, 1.82) is 0 Å². The van der Waals surface area contributed by atoms with Gasteiger partial charge in [-0.3, -0.25) is 9.48 Å². The van der Waals surface area contributed by atoms with E-state index in [1.165, 1.54) is 30.3 Å². The molecule has 0 aliphatic rings. The topological polar surface area (TPSA) is 46.9 Å². The van der Waals surface area contributed by atoms with Gasteiger partial charge in [0.2, 0.25) is 0 Å². The molecular weight excluding hydrogens is 360 g/mol. The summed E-state index contributed by atoms with van der Waals surface area (Å²) in [6.07, 6.45) is 0. The number of halogens is 3. The molecule has 4 nitrogen and oxygen atoms in total. The normalized spacial score (nSPS) is 10.8. The maximum atomic E-state index is 14.0. The number of nitrogens with one attached hydrogen (secondary N) is 1. The molecule has 0 saturated heterocycles. The lowest BCUT2D eigenvalue weighted by atomic mass is 10.2. The summed E-state index contributed by atoms with van der Waals surface area (Å²) in [5.74, 6) is -1.61. The molecule has 134 valence electrons. The Hall–Kier alpha value is -2.73. The second-order valence-corrected chi connectivity index (χ2v) is 6.24. The summed E-state index contributed by atoms with van der Waals surface area (Å²) >= 11 is 6.07. The first-order valence-corrected chi connectivity index (χ1v) is 8.29. The van der Waals surface area contributed by atoms with Gasteiger partial charge in [0, 0.05) is 10.6 Å². The zero-order chi connectivity index (χ0) is 18.8. The molecule has 0 aliphatic carbocycles. The van der Waals surface area contributed by atoms with Gasteiger partial charge in [-0.2, -0.15) is 5.10 Å². The van der Waals surface area contributed by atoms with E-state index >= 15 is 0 Å². The van der Waals surface area contributed by atoms with E-state index in [1.807, 2.05) is 0 Å². The third-order valence-corrected chi connectivity index (χ3v) is 4.46. The van der Waals surface area contributed by atoms with Crippen LogP contribution in [-0.4, -0.2) is 15.7 Å². The van der Waals surface area contributed by atoms with Crippen LogP contribution < -0.4 is 5.32 Å². The molecule has 7 heteroatoms. The van der Waals surface area contributed by atoms with Crippen molar-refractivity contribution in [2.24, 2.45) is 0 Å². The summed E-state index contributed by atoms with van der Waals surface area (Å²) in [4.78, 5) is 12.3. The summed E-state index contributed by atoms with van der Waals surface area (Å²) in [5.41, 5.74) is 1.87. The fourth-order valence-electron chi connectivity index (χ4n) is 2.69. The van der Waals surface area contributed by atoms with Crippen LogP contribution in [0, 0.1) is 25.5 Å². The Kier molecular flexibility index (Phi) is 5.04. The van der Waals surface area contributed by atoms with Gasteiger partial charge >= 0.3 is 0 Å². The predicted octanol–water partition coefficient (Wildman–Crippen LogP) is 4.73. The zero-order valence-electron chi connectivity index (χ0n) is 14.2. The molecule has 3 rings (SSSR count). The van der Waals surface area contributed by atoms with Gasteiger partial charge in [0.15, 0.2) is 0 Å². The quantitative estimate of drug-likeness (QED) is 0.716. The van der Waals surface area contributed by atoms with Crippen LogP contribution in [0.4, 0.5) is 14.5 Å². The third kappa shape index (κ3) is 3.46. The molecule has 1 N–H and O–H groups in total. The average Bonchev–Trinajstić information content (AvgIpc) is 2.86. The molecular formula is C19H16ClF2N3O. The molecule has 1 amide bonds. The maximum absolute atomic E-state index is 14.0. The van der Waals surface area contributed by atoms with E-state index in [0.717, 1.165) is 0 Å². The fourth-order valence-corrected chi connectivity index (χ4v) is 2.91. The van der Waals surface area contributed by atoms with Crippen LogP contribution in [-0.2, 0) is 6.54 Å². The van der Waals surface area contributed by atoms with E-state index in [4.69, 9.17) is 11.6 Å². The van der Waals surface area contributed by atoms with Crippen LogP contribution in [0.25, 0.3) is 0 Å². The Morgan fingerprint density at radius 3 is 2.50 bits per heavy atom. The van der Waals surface area contributed by atoms with Gasteiger partial charge in [-0.25, -0.2) is 8.78 Å². The van der Waals surface area contributed by atoms with Crippen molar-refractivity contribution in [2.45, 2.75) is 20.4 Å². The molecule has 1 heterocycles. The van der Waals surface area contributed by atoms with Gasteiger partial charge in [-0.15, -0.1) is 0 Å². The molecule has 1 aromatic heterocycles. The molecule has 2 aromatic carbocycles. The Labute approximate surface area is 154 Å². The van der Waals surface area contributed by atoms with Crippen molar-refractivity contribution in [3.63, 3.8) is 0 Å². The number of aromatic nitrogens is 2. The first kappa shape index (κ1) is 18.1. The van der Waals surface area contributed by atoms with Crippen LogP contribution in [0.15, 0.2) is 42.5 Å². The van der Waals surface area contributed by atoms with E-state index < -0.39 is 17.5 Å². The number of hydrogen-bond donors (Lipinski definition) is 1. The van der Waals surface area contributed by atoms with Crippen molar-refractivity contribution >= 4 is 23.2 Å². The largest absolute Gasteiger partial charge is 0.319 e. The highest BCUT2D eigenvalue weighted by Gasteiger charge is 2.18.